The van der Waals surface area contributed by atoms with E-state index in [1.54, 1.807) is 7.11 Å². The maximum atomic E-state index is 13.8. The van der Waals surface area contributed by atoms with Crippen LogP contribution in [0.2, 0.25) is 0 Å². The summed E-state index contributed by atoms with van der Waals surface area (Å²) in [4.78, 5) is 0. The Labute approximate surface area is 189 Å². The van der Waals surface area contributed by atoms with E-state index < -0.39 is 23.8 Å². The van der Waals surface area contributed by atoms with Crippen molar-refractivity contribution >= 4 is 0 Å². The second-order valence-corrected chi connectivity index (χ2v) is 8.56. The number of hydrogen-bond donors (Lipinski definition) is 0. The molecule has 2 nitrogen and oxygen atoms in total. The minimum atomic E-state index is -5.63. The fourth-order valence-electron chi connectivity index (χ4n) is 4.22. The molecule has 1 aliphatic carbocycles. The molecule has 3 rings (SSSR count). The van der Waals surface area contributed by atoms with Gasteiger partial charge in [-0.2, -0.15) is 22.0 Å². The smallest absolute Gasteiger partial charge is 0.359 e. The Morgan fingerprint density at radius 3 is 1.91 bits per heavy atom. The molecule has 0 saturated heterocycles. The van der Waals surface area contributed by atoms with E-state index in [1.807, 2.05) is 24.3 Å². The minimum absolute atomic E-state index is 0.274. The molecule has 2 aromatic rings. The number of halogens is 6. The zero-order valence-electron chi connectivity index (χ0n) is 18.4. The van der Waals surface area contributed by atoms with Crippen molar-refractivity contribution in [2.45, 2.75) is 62.9 Å². The molecule has 1 aliphatic rings. The Hall–Kier alpha value is -2.06. The van der Waals surface area contributed by atoms with E-state index in [0.717, 1.165) is 61.8 Å². The van der Waals surface area contributed by atoms with Crippen molar-refractivity contribution in [3.63, 3.8) is 0 Å². The van der Waals surface area contributed by atoms with E-state index in [2.05, 4.69) is 0 Å². The molecule has 0 heterocycles. The van der Waals surface area contributed by atoms with Gasteiger partial charge in [0.15, 0.2) is 0 Å². The van der Waals surface area contributed by atoms with Crippen molar-refractivity contribution in [1.82, 2.24) is 0 Å². The van der Waals surface area contributed by atoms with Gasteiger partial charge >= 0.3 is 12.1 Å². The van der Waals surface area contributed by atoms with Crippen molar-refractivity contribution in [2.75, 3.05) is 13.9 Å². The van der Waals surface area contributed by atoms with Gasteiger partial charge in [0.1, 0.15) is 6.79 Å². The molecule has 0 radical (unpaired) electrons. The average Bonchev–Trinajstić information content (AvgIpc) is 2.81. The third-order valence-corrected chi connectivity index (χ3v) is 6.22. The summed E-state index contributed by atoms with van der Waals surface area (Å²) >= 11 is 0. The van der Waals surface area contributed by atoms with Crippen LogP contribution >= 0.6 is 0 Å². The molecule has 8 heteroatoms. The van der Waals surface area contributed by atoms with Gasteiger partial charge in [-0.3, -0.25) is 0 Å². The zero-order chi connectivity index (χ0) is 24.1. The van der Waals surface area contributed by atoms with Crippen LogP contribution in [0.4, 0.5) is 26.3 Å². The highest BCUT2D eigenvalue weighted by Gasteiger charge is 2.57. The number of ether oxygens (including phenoxy) is 2. The fourth-order valence-corrected chi connectivity index (χ4v) is 4.22. The third kappa shape index (κ3) is 6.73. The molecule has 1 fully saturated rings. The van der Waals surface area contributed by atoms with Crippen molar-refractivity contribution in [3.05, 3.63) is 59.7 Å². The quantitative estimate of drug-likeness (QED) is 0.277. The van der Waals surface area contributed by atoms with Crippen molar-refractivity contribution in [2.24, 2.45) is 5.92 Å². The Kier molecular flexibility index (Phi) is 8.45. The lowest BCUT2D eigenvalue weighted by Gasteiger charge is -2.28. The van der Waals surface area contributed by atoms with Crippen molar-refractivity contribution in [3.8, 4) is 11.1 Å². The van der Waals surface area contributed by atoms with E-state index >= 15 is 0 Å². The van der Waals surface area contributed by atoms with Gasteiger partial charge in [0, 0.05) is 12.7 Å². The first kappa shape index (κ1) is 25.6. The van der Waals surface area contributed by atoms with E-state index in [-0.39, 0.29) is 6.10 Å². The van der Waals surface area contributed by atoms with E-state index in [1.165, 1.54) is 12.1 Å². The largest absolute Gasteiger partial charge is 0.426 e. The first-order valence-corrected chi connectivity index (χ1v) is 11.0. The van der Waals surface area contributed by atoms with Crippen LogP contribution in [0.1, 0.15) is 43.2 Å². The van der Waals surface area contributed by atoms with Gasteiger partial charge in [-0.15, -0.1) is 0 Å². The molecule has 1 saturated carbocycles. The number of methoxy groups -OCH3 is 1. The minimum Gasteiger partial charge on any atom is -0.359 e. The summed E-state index contributed by atoms with van der Waals surface area (Å²) in [6.07, 6.45) is -3.29. The molecule has 0 amide bonds. The molecular formula is C25H28F6O2. The zero-order valence-corrected chi connectivity index (χ0v) is 18.4. The molecule has 182 valence electrons. The summed E-state index contributed by atoms with van der Waals surface area (Å²) in [5, 5.41) is 0. The third-order valence-electron chi connectivity index (χ3n) is 6.22. The van der Waals surface area contributed by atoms with Crippen molar-refractivity contribution < 1.29 is 35.8 Å². The summed E-state index contributed by atoms with van der Waals surface area (Å²) < 4.78 is 88.6. The predicted molar refractivity (Wildman–Crippen MR) is 114 cm³/mol. The highest BCUT2D eigenvalue weighted by Crippen LogP contribution is 2.42. The van der Waals surface area contributed by atoms with E-state index in [9.17, 15) is 26.3 Å². The average molecular weight is 474 g/mol. The fraction of sp³-hybridized carbons (Fsp3) is 0.520. The molecule has 0 spiro atoms. The number of rotatable bonds is 9. The summed E-state index contributed by atoms with van der Waals surface area (Å²) in [5.74, 6) is -3.99. The Morgan fingerprint density at radius 2 is 1.39 bits per heavy atom. The van der Waals surface area contributed by atoms with Crippen LogP contribution in [-0.4, -0.2) is 32.4 Å². The summed E-state index contributed by atoms with van der Waals surface area (Å²) in [6, 6.07) is 11.9. The molecule has 2 aromatic carbocycles. The molecule has 0 aliphatic heterocycles. The van der Waals surface area contributed by atoms with Gasteiger partial charge in [-0.25, -0.2) is 4.39 Å². The standard InChI is InChI=1S/C25H28F6O2/c1-32-16-33-22-14-6-18(7-15-22)3-2-17-4-8-19(9-5-17)20-10-12-21(13-11-20)24(27,28)23(26)25(29,30)31/h4-5,8-13,18,22-23H,2-3,6-7,14-16H2,1H3. The Balaban J connectivity index is 1.54. The molecule has 33 heavy (non-hydrogen) atoms. The molecule has 0 N–H and O–H groups in total. The van der Waals surface area contributed by atoms with E-state index in [4.69, 9.17) is 9.47 Å². The normalized spacial score (nSPS) is 20.6. The predicted octanol–water partition coefficient (Wildman–Crippen LogP) is 7.46. The molecule has 1 atom stereocenters. The lowest BCUT2D eigenvalue weighted by atomic mass is 9.83. The second-order valence-electron chi connectivity index (χ2n) is 8.56. The van der Waals surface area contributed by atoms with Gasteiger partial charge < -0.3 is 9.47 Å². The van der Waals surface area contributed by atoms with Gasteiger partial charge in [-0.05, 0) is 61.1 Å². The Bertz CT molecular complexity index is 856. The summed E-state index contributed by atoms with van der Waals surface area (Å²) in [7, 11) is 1.61. The van der Waals surface area contributed by atoms with Crippen LogP contribution < -0.4 is 0 Å². The van der Waals surface area contributed by atoms with Gasteiger partial charge in [0.2, 0.25) is 0 Å². The van der Waals surface area contributed by atoms with Gasteiger partial charge in [-0.1, -0.05) is 48.5 Å². The Morgan fingerprint density at radius 1 is 0.848 bits per heavy atom. The lowest BCUT2D eigenvalue weighted by molar-refractivity contribution is -0.248. The summed E-state index contributed by atoms with van der Waals surface area (Å²) in [6.45, 7) is 0.330. The SMILES string of the molecule is COCOC1CCC(CCc2ccc(-c3ccc(C(F)(F)C(F)C(F)(F)F)cc3)cc2)CC1. The monoisotopic (exact) mass is 474 g/mol. The van der Waals surface area contributed by atoms with Crippen LogP contribution in [-0.2, 0) is 21.8 Å². The van der Waals surface area contributed by atoms with Gasteiger partial charge in [0.05, 0.1) is 6.10 Å². The van der Waals surface area contributed by atoms with Crippen LogP contribution in [0.15, 0.2) is 48.5 Å². The highest BCUT2D eigenvalue weighted by molar-refractivity contribution is 5.64. The first-order valence-electron chi connectivity index (χ1n) is 11.0. The summed E-state index contributed by atoms with van der Waals surface area (Å²) in [5.41, 5.74) is 1.47. The topological polar surface area (TPSA) is 18.5 Å². The van der Waals surface area contributed by atoms with E-state index in [0.29, 0.717) is 18.3 Å². The number of alkyl halides is 6. The molecule has 0 bridgehead atoms. The van der Waals surface area contributed by atoms with Crippen LogP contribution in [0.25, 0.3) is 11.1 Å². The second kappa shape index (κ2) is 10.9. The highest BCUT2D eigenvalue weighted by atomic mass is 19.4. The van der Waals surface area contributed by atoms with Crippen molar-refractivity contribution in [1.29, 1.82) is 0 Å². The molecule has 1 unspecified atom stereocenters. The first-order chi connectivity index (χ1) is 15.6. The van der Waals surface area contributed by atoms with Crippen LogP contribution in [0.5, 0.6) is 0 Å². The van der Waals surface area contributed by atoms with Crippen LogP contribution in [0, 0.1) is 5.92 Å². The number of benzene rings is 2. The van der Waals surface area contributed by atoms with Crippen LogP contribution in [0.3, 0.4) is 0 Å². The molecular weight excluding hydrogens is 446 g/mol. The number of aryl methyl sites for hydroxylation is 1. The maximum absolute atomic E-state index is 13.8. The maximum Gasteiger partial charge on any atom is 0.426 e. The number of hydrogen-bond acceptors (Lipinski definition) is 2. The molecule has 0 aromatic heterocycles. The lowest BCUT2D eigenvalue weighted by Crippen LogP contribution is -2.39. The van der Waals surface area contributed by atoms with Gasteiger partial charge in [0.25, 0.3) is 6.17 Å².